The van der Waals surface area contributed by atoms with Crippen LogP contribution < -0.4 is 10.0 Å². The molecular formula is C20H21FN4O3S2. The van der Waals surface area contributed by atoms with E-state index in [1.54, 1.807) is 13.8 Å². The number of nitrogens with one attached hydrogen (secondary N) is 2. The highest BCUT2D eigenvalue weighted by molar-refractivity contribution is 7.89. The predicted molar refractivity (Wildman–Crippen MR) is 114 cm³/mol. The first-order valence-electron chi connectivity index (χ1n) is 9.15. The Morgan fingerprint density at radius 3 is 2.43 bits per heavy atom. The number of carbonyl (C=O) groups is 1. The smallest absolute Gasteiger partial charge is 0.244 e. The minimum Gasteiger partial charge on any atom is -0.299 e. The topological polar surface area (TPSA) is 101 Å². The van der Waals surface area contributed by atoms with Gasteiger partial charge in [0.25, 0.3) is 0 Å². The molecule has 3 rings (SSSR count). The molecule has 10 heteroatoms. The van der Waals surface area contributed by atoms with Gasteiger partial charge in [0.15, 0.2) is 0 Å². The van der Waals surface area contributed by atoms with Gasteiger partial charge >= 0.3 is 0 Å². The summed E-state index contributed by atoms with van der Waals surface area (Å²) in [7, 11) is -4.01. The average Bonchev–Trinajstić information content (AvgIpc) is 3.15. The first-order chi connectivity index (χ1) is 14.2. The maximum Gasteiger partial charge on any atom is 0.244 e. The summed E-state index contributed by atoms with van der Waals surface area (Å²) in [5.74, 6) is -1.44. The maximum atomic E-state index is 13.1. The molecule has 0 saturated heterocycles. The van der Waals surface area contributed by atoms with Crippen LogP contribution in [0, 0.1) is 18.7 Å². The van der Waals surface area contributed by atoms with E-state index in [0.29, 0.717) is 5.01 Å². The molecule has 1 unspecified atom stereocenters. The van der Waals surface area contributed by atoms with E-state index in [2.05, 4.69) is 20.2 Å². The molecular weight excluding hydrogens is 427 g/mol. The third kappa shape index (κ3) is 5.26. The molecule has 0 spiro atoms. The molecule has 0 aliphatic rings. The fourth-order valence-electron chi connectivity index (χ4n) is 2.69. The van der Waals surface area contributed by atoms with Crippen LogP contribution in [0.4, 0.5) is 9.52 Å². The second-order valence-electron chi connectivity index (χ2n) is 7.07. The van der Waals surface area contributed by atoms with E-state index in [9.17, 15) is 17.6 Å². The molecule has 0 saturated carbocycles. The van der Waals surface area contributed by atoms with Crippen LogP contribution >= 0.6 is 11.3 Å². The summed E-state index contributed by atoms with van der Waals surface area (Å²) in [5.41, 5.74) is 1.95. The summed E-state index contributed by atoms with van der Waals surface area (Å²) in [6, 6.07) is 11.1. The number of sulfonamides is 1. The van der Waals surface area contributed by atoms with Crippen LogP contribution in [0.1, 0.15) is 19.4 Å². The van der Waals surface area contributed by atoms with Crippen LogP contribution in [0.15, 0.2) is 53.4 Å². The number of amides is 1. The molecule has 2 aromatic carbocycles. The second-order valence-corrected chi connectivity index (χ2v) is 9.76. The van der Waals surface area contributed by atoms with Crippen molar-refractivity contribution in [3.05, 3.63) is 59.9 Å². The van der Waals surface area contributed by atoms with Crippen LogP contribution in [0.5, 0.6) is 0 Å². The number of carbonyl (C=O) groups excluding carboxylic acids is 1. The van der Waals surface area contributed by atoms with Crippen molar-refractivity contribution in [3.8, 4) is 10.6 Å². The lowest BCUT2D eigenvalue weighted by atomic mass is 10.1. The fraction of sp³-hybridized carbons (Fsp3) is 0.250. The lowest BCUT2D eigenvalue weighted by Crippen LogP contribution is -2.47. The van der Waals surface area contributed by atoms with Crippen molar-refractivity contribution in [2.24, 2.45) is 5.92 Å². The lowest BCUT2D eigenvalue weighted by Gasteiger charge is -2.20. The van der Waals surface area contributed by atoms with Crippen molar-refractivity contribution < 1.29 is 17.6 Å². The molecule has 1 aromatic heterocycles. The monoisotopic (exact) mass is 448 g/mol. The standard InChI is InChI=1S/C20H21FN4O3S2/c1-12(2)17(25-30(27,28)16-9-7-15(21)8-10-16)18(26)22-20-24-23-19(29-20)14-6-4-5-13(3)11-14/h4-12,17,25H,1-3H3,(H,22,24,26). The van der Waals surface area contributed by atoms with Gasteiger partial charge in [0.1, 0.15) is 16.9 Å². The summed E-state index contributed by atoms with van der Waals surface area (Å²) >= 11 is 1.20. The average molecular weight is 449 g/mol. The Hall–Kier alpha value is -2.69. The van der Waals surface area contributed by atoms with Gasteiger partial charge in [0, 0.05) is 5.56 Å². The normalized spacial score (nSPS) is 12.7. The number of aromatic nitrogens is 2. The molecule has 30 heavy (non-hydrogen) atoms. The van der Waals surface area contributed by atoms with Gasteiger partial charge in [-0.05, 0) is 43.2 Å². The third-order valence-corrected chi connectivity index (χ3v) is 6.62. The van der Waals surface area contributed by atoms with Crippen molar-refractivity contribution in [2.45, 2.75) is 31.7 Å². The fourth-order valence-corrected chi connectivity index (χ4v) is 4.78. The van der Waals surface area contributed by atoms with Crippen LogP contribution in [0.3, 0.4) is 0 Å². The number of rotatable bonds is 7. The number of anilines is 1. The van der Waals surface area contributed by atoms with E-state index in [1.807, 2.05) is 31.2 Å². The van der Waals surface area contributed by atoms with E-state index >= 15 is 0 Å². The highest BCUT2D eigenvalue weighted by Crippen LogP contribution is 2.27. The summed E-state index contributed by atoms with van der Waals surface area (Å²) in [6.07, 6.45) is 0. The van der Waals surface area contributed by atoms with Crippen LogP contribution in [0.2, 0.25) is 0 Å². The molecule has 7 nitrogen and oxygen atoms in total. The maximum absolute atomic E-state index is 13.1. The summed E-state index contributed by atoms with van der Waals surface area (Å²) in [6.45, 7) is 5.40. The Kier molecular flexibility index (Phi) is 6.59. The van der Waals surface area contributed by atoms with Crippen LogP contribution in [-0.4, -0.2) is 30.6 Å². The molecule has 3 aromatic rings. The Bertz CT molecular complexity index is 1140. The van der Waals surface area contributed by atoms with Gasteiger partial charge in [0.05, 0.1) is 4.90 Å². The summed E-state index contributed by atoms with van der Waals surface area (Å²) in [4.78, 5) is 12.6. The molecule has 1 heterocycles. The number of hydrogen-bond donors (Lipinski definition) is 2. The number of benzene rings is 2. The number of aryl methyl sites for hydroxylation is 1. The van der Waals surface area contributed by atoms with Gasteiger partial charge in [0.2, 0.25) is 21.1 Å². The SMILES string of the molecule is Cc1cccc(-c2nnc(NC(=O)C(NS(=O)(=O)c3ccc(F)cc3)C(C)C)s2)c1. The molecule has 0 fully saturated rings. The summed E-state index contributed by atoms with van der Waals surface area (Å²) < 4.78 is 40.7. The molecule has 1 atom stereocenters. The number of nitrogens with zero attached hydrogens (tertiary/aromatic N) is 2. The van der Waals surface area contributed by atoms with Gasteiger partial charge in [-0.2, -0.15) is 4.72 Å². The highest BCUT2D eigenvalue weighted by atomic mass is 32.2. The molecule has 0 aliphatic carbocycles. The molecule has 0 radical (unpaired) electrons. The van der Waals surface area contributed by atoms with Gasteiger partial charge in [-0.15, -0.1) is 10.2 Å². The lowest BCUT2D eigenvalue weighted by molar-refractivity contribution is -0.118. The van der Waals surface area contributed by atoms with Crippen LogP contribution in [0.25, 0.3) is 10.6 Å². The predicted octanol–water partition coefficient (Wildman–Crippen LogP) is 3.59. The minimum atomic E-state index is -4.01. The Morgan fingerprint density at radius 1 is 1.10 bits per heavy atom. The van der Waals surface area contributed by atoms with Gasteiger partial charge in [-0.1, -0.05) is 48.9 Å². The zero-order chi connectivity index (χ0) is 21.9. The highest BCUT2D eigenvalue weighted by Gasteiger charge is 2.29. The zero-order valence-corrected chi connectivity index (χ0v) is 18.2. The van der Waals surface area contributed by atoms with Crippen molar-refractivity contribution >= 4 is 32.4 Å². The van der Waals surface area contributed by atoms with Gasteiger partial charge < -0.3 is 0 Å². The van der Waals surface area contributed by atoms with E-state index in [4.69, 9.17) is 0 Å². The first kappa shape index (κ1) is 22.0. The molecule has 1 amide bonds. The van der Waals surface area contributed by atoms with Crippen molar-refractivity contribution in [3.63, 3.8) is 0 Å². The Labute approximate surface area is 178 Å². The first-order valence-corrected chi connectivity index (χ1v) is 11.4. The van der Waals surface area contributed by atoms with E-state index in [0.717, 1.165) is 35.4 Å². The molecule has 0 aliphatic heterocycles. The molecule has 2 N–H and O–H groups in total. The molecule has 158 valence electrons. The van der Waals surface area contributed by atoms with Crippen LogP contribution in [-0.2, 0) is 14.8 Å². The Balaban J connectivity index is 1.75. The van der Waals surface area contributed by atoms with Gasteiger partial charge in [-0.3, -0.25) is 10.1 Å². The zero-order valence-electron chi connectivity index (χ0n) is 16.6. The molecule has 0 bridgehead atoms. The third-order valence-electron chi connectivity index (χ3n) is 4.28. The number of halogens is 1. The number of hydrogen-bond acceptors (Lipinski definition) is 6. The van der Waals surface area contributed by atoms with Crippen molar-refractivity contribution in [1.82, 2.24) is 14.9 Å². The van der Waals surface area contributed by atoms with Crippen molar-refractivity contribution in [1.29, 1.82) is 0 Å². The summed E-state index contributed by atoms with van der Waals surface area (Å²) in [5, 5.41) is 11.6. The van der Waals surface area contributed by atoms with E-state index in [1.165, 1.54) is 11.3 Å². The minimum absolute atomic E-state index is 0.125. The van der Waals surface area contributed by atoms with Gasteiger partial charge in [-0.25, -0.2) is 12.8 Å². The second kappa shape index (κ2) is 8.99. The quantitative estimate of drug-likeness (QED) is 0.575. The van der Waals surface area contributed by atoms with E-state index < -0.39 is 27.8 Å². The Morgan fingerprint density at radius 2 is 1.80 bits per heavy atom. The van der Waals surface area contributed by atoms with E-state index in [-0.39, 0.29) is 15.9 Å². The largest absolute Gasteiger partial charge is 0.299 e. The van der Waals surface area contributed by atoms with Crippen molar-refractivity contribution in [2.75, 3.05) is 5.32 Å².